The Labute approximate surface area is 189 Å². The molecule has 1 aliphatic heterocycles. The Morgan fingerprint density at radius 1 is 0.844 bits per heavy atom. The Balaban J connectivity index is 1.86. The summed E-state index contributed by atoms with van der Waals surface area (Å²) < 4.78 is 5.29. The van der Waals surface area contributed by atoms with Crippen LogP contribution >= 0.6 is 0 Å². The lowest BCUT2D eigenvalue weighted by molar-refractivity contribution is -0.128. The lowest BCUT2D eigenvalue weighted by Crippen LogP contribution is -2.56. The molecule has 0 aliphatic carbocycles. The molecule has 5 heteroatoms. The Kier molecular flexibility index (Phi) is 5.74. The van der Waals surface area contributed by atoms with Gasteiger partial charge in [0.05, 0.1) is 7.11 Å². The number of carbonyl (C=O) groups excluding carboxylic acids is 2. The minimum atomic E-state index is -0.761. The average Bonchev–Trinajstić information content (AvgIpc) is 2.77. The zero-order chi connectivity index (χ0) is 23.0. The molecule has 0 saturated carbocycles. The number of benzene rings is 3. The van der Waals surface area contributed by atoms with E-state index in [9.17, 15) is 9.59 Å². The molecule has 2 amide bonds. The molecular weight excluding hydrogens is 400 g/mol. The number of rotatable bonds is 4. The second kappa shape index (κ2) is 8.50. The molecule has 1 atom stereocenters. The van der Waals surface area contributed by atoms with E-state index in [0.29, 0.717) is 5.75 Å². The SMILES string of the molecule is COc1ccc([C@H]2C(=O)N(c3cccc(C)c3C)CC(=O)N2c2ccc(C)cc2C)cc1. The Bertz CT molecular complexity index is 1180. The number of amides is 2. The van der Waals surface area contributed by atoms with Gasteiger partial charge in [-0.1, -0.05) is 42.0 Å². The van der Waals surface area contributed by atoms with Gasteiger partial charge < -0.3 is 9.64 Å². The summed E-state index contributed by atoms with van der Waals surface area (Å²) >= 11 is 0. The average molecular weight is 429 g/mol. The highest BCUT2D eigenvalue weighted by molar-refractivity contribution is 6.15. The highest BCUT2D eigenvalue weighted by atomic mass is 16.5. The third-order valence-electron chi connectivity index (χ3n) is 6.23. The van der Waals surface area contributed by atoms with Crippen molar-refractivity contribution in [2.45, 2.75) is 33.7 Å². The van der Waals surface area contributed by atoms with Crippen LogP contribution in [0.1, 0.15) is 33.9 Å². The van der Waals surface area contributed by atoms with Gasteiger partial charge in [-0.25, -0.2) is 0 Å². The van der Waals surface area contributed by atoms with Gasteiger partial charge in [-0.3, -0.25) is 14.5 Å². The van der Waals surface area contributed by atoms with Crippen molar-refractivity contribution in [1.29, 1.82) is 0 Å². The summed E-state index contributed by atoms with van der Waals surface area (Å²) in [6, 6.07) is 18.4. The van der Waals surface area contributed by atoms with Gasteiger partial charge in [0.15, 0.2) is 0 Å². The molecule has 3 aromatic rings. The molecular formula is C27H28N2O3. The standard InChI is InChI=1S/C27H28N2O3/c1-17-9-14-23(19(3)15-17)29-25(30)16-28(24-8-6-7-18(2)20(24)4)27(31)26(29)21-10-12-22(32-5)13-11-21/h6-15,26H,16H2,1-5H3/t26-/m0/s1. The first-order chi connectivity index (χ1) is 15.3. The summed E-state index contributed by atoms with van der Waals surface area (Å²) in [4.78, 5) is 30.8. The van der Waals surface area contributed by atoms with Crippen LogP contribution < -0.4 is 14.5 Å². The fourth-order valence-corrected chi connectivity index (χ4v) is 4.35. The van der Waals surface area contributed by atoms with E-state index in [1.165, 1.54) is 0 Å². The number of hydrogen-bond donors (Lipinski definition) is 0. The molecule has 5 nitrogen and oxygen atoms in total. The first kappa shape index (κ1) is 21.6. The summed E-state index contributed by atoms with van der Waals surface area (Å²) in [5, 5.41) is 0. The van der Waals surface area contributed by atoms with Gasteiger partial charge in [-0.15, -0.1) is 0 Å². The zero-order valence-corrected chi connectivity index (χ0v) is 19.2. The van der Waals surface area contributed by atoms with Crippen LogP contribution in [0.3, 0.4) is 0 Å². The number of carbonyl (C=O) groups is 2. The summed E-state index contributed by atoms with van der Waals surface area (Å²) in [6.45, 7) is 7.99. The smallest absolute Gasteiger partial charge is 0.255 e. The summed E-state index contributed by atoms with van der Waals surface area (Å²) in [5.41, 5.74) is 6.45. The summed E-state index contributed by atoms with van der Waals surface area (Å²) in [5.74, 6) is 0.467. The number of hydrogen-bond acceptors (Lipinski definition) is 3. The number of nitrogens with zero attached hydrogens (tertiary/aromatic N) is 2. The molecule has 0 spiro atoms. The molecule has 32 heavy (non-hydrogen) atoms. The zero-order valence-electron chi connectivity index (χ0n) is 19.2. The topological polar surface area (TPSA) is 49.9 Å². The second-order valence-electron chi connectivity index (χ2n) is 8.37. The number of methoxy groups -OCH3 is 1. The van der Waals surface area contributed by atoms with E-state index in [1.54, 1.807) is 16.9 Å². The van der Waals surface area contributed by atoms with E-state index < -0.39 is 6.04 Å². The van der Waals surface area contributed by atoms with Crippen molar-refractivity contribution in [3.05, 3.63) is 88.5 Å². The Hall–Kier alpha value is -3.60. The van der Waals surface area contributed by atoms with E-state index in [4.69, 9.17) is 4.74 Å². The predicted octanol–water partition coefficient (Wildman–Crippen LogP) is 5.05. The van der Waals surface area contributed by atoms with Gasteiger partial charge in [-0.2, -0.15) is 0 Å². The fraction of sp³-hybridized carbons (Fsp3) is 0.259. The first-order valence-corrected chi connectivity index (χ1v) is 10.7. The van der Waals surface area contributed by atoms with Crippen molar-refractivity contribution in [2.75, 3.05) is 23.5 Å². The normalized spacial score (nSPS) is 16.5. The van der Waals surface area contributed by atoms with Crippen LogP contribution in [-0.4, -0.2) is 25.5 Å². The highest BCUT2D eigenvalue weighted by Crippen LogP contribution is 2.37. The van der Waals surface area contributed by atoms with Crippen molar-refractivity contribution in [2.24, 2.45) is 0 Å². The molecule has 4 rings (SSSR count). The van der Waals surface area contributed by atoms with Crippen LogP contribution in [0.15, 0.2) is 60.7 Å². The lowest BCUT2D eigenvalue weighted by Gasteiger charge is -2.41. The van der Waals surface area contributed by atoms with Crippen LogP contribution in [0, 0.1) is 27.7 Å². The predicted molar refractivity (Wildman–Crippen MR) is 127 cm³/mol. The van der Waals surface area contributed by atoms with Gasteiger partial charge >= 0.3 is 0 Å². The van der Waals surface area contributed by atoms with Gasteiger partial charge in [0, 0.05) is 11.4 Å². The number of anilines is 2. The van der Waals surface area contributed by atoms with Gasteiger partial charge in [0.2, 0.25) is 5.91 Å². The molecule has 164 valence electrons. The van der Waals surface area contributed by atoms with Crippen molar-refractivity contribution < 1.29 is 14.3 Å². The molecule has 1 fully saturated rings. The molecule has 1 heterocycles. The molecule has 1 saturated heterocycles. The summed E-state index contributed by atoms with van der Waals surface area (Å²) in [7, 11) is 1.61. The largest absolute Gasteiger partial charge is 0.497 e. The van der Waals surface area contributed by atoms with Crippen LogP contribution in [0.4, 0.5) is 11.4 Å². The van der Waals surface area contributed by atoms with Crippen molar-refractivity contribution in [1.82, 2.24) is 0 Å². The van der Waals surface area contributed by atoms with Gasteiger partial charge in [0.25, 0.3) is 5.91 Å². The van der Waals surface area contributed by atoms with Crippen molar-refractivity contribution in [3.63, 3.8) is 0 Å². The van der Waals surface area contributed by atoms with Crippen LogP contribution in [-0.2, 0) is 9.59 Å². The third-order valence-corrected chi connectivity index (χ3v) is 6.23. The quantitative estimate of drug-likeness (QED) is 0.584. The van der Waals surface area contributed by atoms with E-state index in [-0.39, 0.29) is 18.4 Å². The second-order valence-corrected chi connectivity index (χ2v) is 8.37. The van der Waals surface area contributed by atoms with Crippen LogP contribution in [0.2, 0.25) is 0 Å². The van der Waals surface area contributed by atoms with E-state index in [2.05, 4.69) is 0 Å². The minimum Gasteiger partial charge on any atom is -0.497 e. The maximum atomic E-state index is 14.0. The van der Waals surface area contributed by atoms with E-state index >= 15 is 0 Å². The molecule has 0 bridgehead atoms. The molecule has 1 aliphatic rings. The number of piperazine rings is 1. The molecule has 0 radical (unpaired) electrons. The monoisotopic (exact) mass is 428 g/mol. The Morgan fingerprint density at radius 2 is 1.56 bits per heavy atom. The van der Waals surface area contributed by atoms with E-state index in [1.807, 2.05) is 88.4 Å². The third kappa shape index (κ3) is 3.75. The minimum absolute atomic E-state index is 0.00307. The van der Waals surface area contributed by atoms with Gasteiger partial charge in [0.1, 0.15) is 18.3 Å². The lowest BCUT2D eigenvalue weighted by atomic mass is 9.97. The van der Waals surface area contributed by atoms with E-state index in [0.717, 1.165) is 39.2 Å². The molecule has 3 aromatic carbocycles. The number of ether oxygens (including phenoxy) is 1. The van der Waals surface area contributed by atoms with Crippen LogP contribution in [0.25, 0.3) is 0 Å². The molecule has 0 aromatic heterocycles. The van der Waals surface area contributed by atoms with Crippen molar-refractivity contribution in [3.8, 4) is 5.75 Å². The highest BCUT2D eigenvalue weighted by Gasteiger charge is 2.42. The van der Waals surface area contributed by atoms with Gasteiger partial charge in [-0.05, 0) is 74.2 Å². The maximum Gasteiger partial charge on any atom is 0.255 e. The number of aryl methyl sites for hydroxylation is 3. The van der Waals surface area contributed by atoms with Crippen LogP contribution in [0.5, 0.6) is 5.75 Å². The first-order valence-electron chi connectivity index (χ1n) is 10.7. The Morgan fingerprint density at radius 3 is 2.22 bits per heavy atom. The maximum absolute atomic E-state index is 14.0. The fourth-order valence-electron chi connectivity index (χ4n) is 4.35. The summed E-state index contributed by atoms with van der Waals surface area (Å²) in [6.07, 6.45) is 0. The molecule has 0 N–H and O–H groups in total. The van der Waals surface area contributed by atoms with Crippen molar-refractivity contribution >= 4 is 23.2 Å². The molecule has 0 unspecified atom stereocenters.